The molecule has 0 aliphatic carbocycles. The maximum atomic E-state index is 11.8. The molecule has 0 bridgehead atoms. The molecule has 0 aromatic rings. The summed E-state index contributed by atoms with van der Waals surface area (Å²) in [5.74, 6) is -1.55. The summed E-state index contributed by atoms with van der Waals surface area (Å²) in [6, 6.07) is 0. The van der Waals surface area contributed by atoms with Gasteiger partial charge in [-0.15, -0.1) is 0 Å². The van der Waals surface area contributed by atoms with E-state index in [1.54, 1.807) is 0 Å². The second kappa shape index (κ2) is 23.8. The Kier molecular flexibility index (Phi) is 24.4. The number of aldehydes is 1. The second-order valence-corrected chi connectivity index (χ2v) is 9.49. The van der Waals surface area contributed by atoms with E-state index in [0.29, 0.717) is 6.42 Å². The van der Waals surface area contributed by atoms with Crippen LogP contribution in [0.5, 0.6) is 0 Å². The summed E-state index contributed by atoms with van der Waals surface area (Å²) in [6.07, 6.45) is 16.4. The van der Waals surface area contributed by atoms with E-state index in [1.807, 2.05) is 0 Å². The number of hydrogen-bond donors (Lipinski definition) is 2. The Labute approximate surface area is 205 Å². The minimum absolute atomic E-state index is 0.0925. The van der Waals surface area contributed by atoms with Gasteiger partial charge in [0, 0.05) is 18.4 Å². The van der Waals surface area contributed by atoms with Crippen LogP contribution in [0.3, 0.4) is 0 Å². The fourth-order valence-corrected chi connectivity index (χ4v) is 3.23. The Morgan fingerprint density at radius 1 is 0.848 bits per heavy atom. The first kappa shape index (κ1) is 33.8. The molecule has 0 fully saturated rings. The van der Waals surface area contributed by atoms with Crippen molar-refractivity contribution in [2.75, 3.05) is 0 Å². The van der Waals surface area contributed by atoms with E-state index in [2.05, 4.69) is 25.2 Å². The molecule has 0 radical (unpaired) electrons. The molecule has 0 unspecified atom stereocenters. The number of ether oxygens (including phenoxy) is 1. The molecule has 0 amide bonds. The molecule has 0 spiro atoms. The standard InChI is InChI=1S/C24H40O5.2H2O.O.Ti/c1-20(2)16-14-12-10-8-6-4-5-7-9-11-13-15-17-22(26)18-21(3)24(28)29-23(27)19-25;;;;/h19-20H,3-18H2,1-2H3;2*1H2;;/q;;;;+2/p-2. The summed E-state index contributed by atoms with van der Waals surface area (Å²) >= 11 is -3.58. The average molecular weight is 506 g/mol. The van der Waals surface area contributed by atoms with Crippen molar-refractivity contribution in [3.05, 3.63) is 12.2 Å². The Balaban J connectivity index is 0. The van der Waals surface area contributed by atoms with Gasteiger partial charge in [0.15, 0.2) is 0 Å². The van der Waals surface area contributed by atoms with Gasteiger partial charge in [0.25, 0.3) is 0 Å². The second-order valence-electron chi connectivity index (χ2n) is 8.60. The molecule has 0 rings (SSSR count). The van der Waals surface area contributed by atoms with Gasteiger partial charge < -0.3 is 4.74 Å². The quantitative estimate of drug-likeness (QED) is 0.0492. The van der Waals surface area contributed by atoms with Gasteiger partial charge in [-0.1, -0.05) is 97.5 Å². The molecule has 0 aliphatic heterocycles. The zero-order valence-electron chi connectivity index (χ0n) is 20.3. The SMILES string of the molecule is C=C(CC(=O)CCCCCCCCCCCCCCC(C)C)C(=O)OC(=O)C=O.[O]=[Ti]([OH])[OH]. The van der Waals surface area contributed by atoms with Crippen LogP contribution in [0.15, 0.2) is 12.2 Å². The number of esters is 2. The number of Topliss-reactive ketones (excluding diaryl/α,β-unsaturated/α-hetero) is 1. The van der Waals surface area contributed by atoms with E-state index in [-0.39, 0.29) is 24.1 Å². The Morgan fingerprint density at radius 3 is 1.64 bits per heavy atom. The summed E-state index contributed by atoms with van der Waals surface area (Å²) in [7, 11) is 0. The van der Waals surface area contributed by atoms with Crippen molar-refractivity contribution in [2.45, 2.75) is 110 Å². The van der Waals surface area contributed by atoms with Crippen LogP contribution in [0.1, 0.15) is 110 Å². The molecule has 0 saturated carbocycles. The fourth-order valence-electron chi connectivity index (χ4n) is 3.23. The van der Waals surface area contributed by atoms with E-state index < -0.39 is 30.6 Å². The van der Waals surface area contributed by atoms with Gasteiger partial charge in [0.1, 0.15) is 5.78 Å². The topological polar surface area (TPSA) is 135 Å². The third-order valence-corrected chi connectivity index (χ3v) is 4.98. The Morgan fingerprint density at radius 2 is 1.24 bits per heavy atom. The van der Waals surface area contributed by atoms with E-state index >= 15 is 0 Å². The van der Waals surface area contributed by atoms with Gasteiger partial charge in [0.2, 0.25) is 6.29 Å². The normalized spacial score (nSPS) is 10.2. The van der Waals surface area contributed by atoms with Crippen molar-refractivity contribution in [1.82, 2.24) is 0 Å². The molecule has 0 aromatic carbocycles. The number of rotatable bonds is 19. The minimum atomic E-state index is -3.58. The van der Waals surface area contributed by atoms with E-state index in [9.17, 15) is 19.2 Å². The van der Waals surface area contributed by atoms with Crippen molar-refractivity contribution < 1.29 is 53.2 Å². The van der Waals surface area contributed by atoms with E-state index in [0.717, 1.165) is 25.2 Å². The van der Waals surface area contributed by atoms with Crippen LogP contribution in [0.4, 0.5) is 0 Å². The Bertz CT molecular complexity index is 597. The van der Waals surface area contributed by atoms with Crippen LogP contribution >= 0.6 is 0 Å². The monoisotopic (exact) mass is 506 g/mol. The van der Waals surface area contributed by atoms with Gasteiger partial charge in [0.05, 0.1) is 0 Å². The molecule has 2 N–H and O–H groups in total. The molecule has 0 aliphatic rings. The van der Waals surface area contributed by atoms with Crippen molar-refractivity contribution in [1.29, 1.82) is 0 Å². The van der Waals surface area contributed by atoms with Crippen molar-refractivity contribution >= 4 is 24.0 Å². The maximum absolute atomic E-state index is 11.8. The van der Waals surface area contributed by atoms with Crippen LogP contribution in [0.25, 0.3) is 0 Å². The predicted molar refractivity (Wildman–Crippen MR) is 121 cm³/mol. The summed E-state index contributed by atoms with van der Waals surface area (Å²) in [4.78, 5) is 44.1. The molecular formula is C24H42O8Ti. The van der Waals surface area contributed by atoms with Crippen molar-refractivity contribution in [3.8, 4) is 0 Å². The van der Waals surface area contributed by atoms with Crippen LogP contribution < -0.4 is 0 Å². The molecule has 0 aromatic heterocycles. The van der Waals surface area contributed by atoms with Crippen LogP contribution in [-0.4, -0.2) is 31.4 Å². The molecule has 190 valence electrons. The number of carbonyl (C=O) groups is 4. The van der Waals surface area contributed by atoms with Gasteiger partial charge >= 0.3 is 41.3 Å². The van der Waals surface area contributed by atoms with E-state index in [1.165, 1.54) is 64.2 Å². The van der Waals surface area contributed by atoms with Crippen LogP contribution in [0.2, 0.25) is 0 Å². The fraction of sp³-hybridized carbons (Fsp3) is 0.750. The molecule has 33 heavy (non-hydrogen) atoms. The summed E-state index contributed by atoms with van der Waals surface area (Å²) in [5, 5.41) is 0. The van der Waals surface area contributed by atoms with Crippen LogP contribution in [0, 0.1) is 5.92 Å². The molecule has 9 heteroatoms. The predicted octanol–water partition coefficient (Wildman–Crippen LogP) is 4.65. The van der Waals surface area contributed by atoms with E-state index in [4.69, 9.17) is 10.7 Å². The molecular weight excluding hydrogens is 464 g/mol. The van der Waals surface area contributed by atoms with Gasteiger partial charge in [-0.3, -0.25) is 9.59 Å². The average Bonchev–Trinajstić information content (AvgIpc) is 2.73. The first-order valence-electron chi connectivity index (χ1n) is 11.9. The van der Waals surface area contributed by atoms with Crippen molar-refractivity contribution in [3.63, 3.8) is 0 Å². The first-order chi connectivity index (χ1) is 15.6. The number of ketones is 1. The summed E-state index contributed by atoms with van der Waals surface area (Å²) in [5.41, 5.74) is -0.0925. The summed E-state index contributed by atoms with van der Waals surface area (Å²) in [6.45, 7) is 8.02. The third kappa shape index (κ3) is 28.6. The molecule has 8 nitrogen and oxygen atoms in total. The van der Waals surface area contributed by atoms with Gasteiger partial charge in [-0.2, -0.15) is 0 Å². The molecule has 0 heterocycles. The zero-order valence-corrected chi connectivity index (χ0v) is 21.9. The molecule has 0 atom stereocenters. The third-order valence-electron chi connectivity index (χ3n) is 4.98. The number of hydrogen-bond acceptors (Lipinski definition) is 6. The van der Waals surface area contributed by atoms with Gasteiger partial charge in [-0.25, -0.2) is 9.59 Å². The first-order valence-corrected chi connectivity index (χ1v) is 14.0. The van der Waals surface area contributed by atoms with Crippen LogP contribution in [-0.2, 0) is 45.9 Å². The number of carbonyl (C=O) groups excluding carboxylic acids is 4. The van der Waals surface area contributed by atoms with Crippen molar-refractivity contribution in [2.24, 2.45) is 5.92 Å². The summed E-state index contributed by atoms with van der Waals surface area (Å²) < 4.78 is 27.4. The molecule has 0 saturated heterocycles. The van der Waals surface area contributed by atoms with Gasteiger partial charge in [-0.05, 0) is 12.3 Å². The Hall–Kier alpha value is -1.35. The zero-order chi connectivity index (χ0) is 25.5. The number of unbranched alkanes of at least 4 members (excludes halogenated alkanes) is 11.